The molecule has 15 nitrogen and oxygen atoms in total. The Bertz CT molecular complexity index is 1290. The van der Waals surface area contributed by atoms with E-state index in [9.17, 15) is 35.1 Å². The molecule has 0 aliphatic carbocycles. The van der Waals surface area contributed by atoms with Crippen molar-refractivity contribution < 1.29 is 49.3 Å². The molecule has 44 heavy (non-hydrogen) atoms. The fraction of sp³-hybridized carbons (Fsp3) is 0.655. The Morgan fingerprint density at radius 2 is 1.45 bits per heavy atom. The molecule has 2 fully saturated rings. The molecule has 6 N–H and O–H groups in total. The number of hydrogen-bond acceptors (Lipinski definition) is 13. The molecular weight excluding hydrogens is 578 g/mol. The fourth-order valence-corrected chi connectivity index (χ4v) is 5.64. The number of aliphatic hydroxyl groups excluding tert-OH is 4. The first-order chi connectivity index (χ1) is 20.5. The van der Waals surface area contributed by atoms with E-state index in [1.54, 1.807) is 65.8 Å². The van der Waals surface area contributed by atoms with E-state index in [1.165, 1.54) is 6.33 Å². The molecule has 2 saturated heterocycles. The van der Waals surface area contributed by atoms with E-state index < -0.39 is 83.7 Å². The topological polar surface area (TPSA) is 227 Å². The average Bonchev–Trinajstić information content (AvgIpc) is 2.95. The van der Waals surface area contributed by atoms with Crippen molar-refractivity contribution in [1.29, 1.82) is 0 Å². The van der Waals surface area contributed by atoms with Crippen molar-refractivity contribution in [2.45, 2.75) is 103 Å². The first-order valence-corrected chi connectivity index (χ1v) is 14.3. The minimum absolute atomic E-state index is 0.0861. The molecule has 1 amide bonds. The maximum absolute atomic E-state index is 13.5. The lowest BCUT2D eigenvalue weighted by molar-refractivity contribution is -0.336. The summed E-state index contributed by atoms with van der Waals surface area (Å²) in [6.45, 7) is 10.6. The molecule has 242 valence electrons. The zero-order valence-electron chi connectivity index (χ0n) is 25.4. The molecule has 10 atom stereocenters. The summed E-state index contributed by atoms with van der Waals surface area (Å²) >= 11 is 0. The normalized spacial score (nSPS) is 33.0. The van der Waals surface area contributed by atoms with Gasteiger partial charge in [0.2, 0.25) is 11.7 Å². The minimum atomic E-state index is -1.74. The smallest absolute Gasteiger partial charge is 0.335 e. The largest absolute Gasteiger partial charge is 0.479 e. The van der Waals surface area contributed by atoms with E-state index in [-0.39, 0.29) is 6.54 Å². The van der Waals surface area contributed by atoms with Crippen LogP contribution in [0.4, 0.5) is 0 Å². The summed E-state index contributed by atoms with van der Waals surface area (Å²) in [5, 5.41) is 71.7. The third kappa shape index (κ3) is 7.20. The van der Waals surface area contributed by atoms with E-state index in [0.29, 0.717) is 11.4 Å². The number of aliphatic hydroxyl groups is 4. The summed E-state index contributed by atoms with van der Waals surface area (Å²) in [5.74, 6) is -2.66. The van der Waals surface area contributed by atoms with Gasteiger partial charge < -0.3 is 45.1 Å². The zero-order chi connectivity index (χ0) is 32.6. The van der Waals surface area contributed by atoms with Crippen molar-refractivity contribution in [3.63, 3.8) is 0 Å². The summed E-state index contributed by atoms with van der Waals surface area (Å²) < 4.78 is 17.3. The number of nitrogens with one attached hydrogen (secondary N) is 1. The van der Waals surface area contributed by atoms with Crippen molar-refractivity contribution in [1.82, 2.24) is 25.7 Å². The number of carboxylic acids is 1. The van der Waals surface area contributed by atoms with Gasteiger partial charge in [-0.05, 0) is 16.4 Å². The van der Waals surface area contributed by atoms with Crippen LogP contribution in [0.3, 0.4) is 0 Å². The molecule has 2 aliphatic rings. The summed E-state index contributed by atoms with van der Waals surface area (Å²) in [7, 11) is 0. The first-order valence-electron chi connectivity index (χ1n) is 14.3. The third-order valence-electron chi connectivity index (χ3n) is 7.93. The minimum Gasteiger partial charge on any atom is -0.479 e. The van der Waals surface area contributed by atoms with Gasteiger partial charge in [-0.2, -0.15) is 0 Å². The van der Waals surface area contributed by atoms with Gasteiger partial charge in [-0.25, -0.2) is 4.79 Å². The molecule has 4 unspecified atom stereocenters. The van der Waals surface area contributed by atoms with Crippen LogP contribution in [0, 0.1) is 16.7 Å². The molecule has 3 heterocycles. The standard InChI is InChI=1S/C29H41N5O10/c1-28(2,3)15-16(35)19(38)27(44-21-17(36)18(37)23(29(4,5)6)42-22(21)26(40)41)43-20(15)25(39)30-11-13-7-9-14(10-8-13)24-33-31-12-32-34-24/h7-10,12,15-23,27,35-38H,11H2,1-6H3,(H,30,39)(H,40,41)/t15-,16-,17+,18?,19?,20?,21+,22?,23+,27-/m0/s1. The zero-order valence-corrected chi connectivity index (χ0v) is 25.4. The number of carboxylic acid groups (broad SMARTS) is 1. The Hall–Kier alpha value is -3.18. The number of ether oxygens (including phenoxy) is 3. The predicted octanol–water partition coefficient (Wildman–Crippen LogP) is -0.336. The van der Waals surface area contributed by atoms with Gasteiger partial charge in [0.15, 0.2) is 18.7 Å². The molecule has 0 saturated carbocycles. The Kier molecular flexibility index (Phi) is 9.99. The van der Waals surface area contributed by atoms with Crippen molar-refractivity contribution in [2.75, 3.05) is 0 Å². The van der Waals surface area contributed by atoms with Gasteiger partial charge in [-0.15, -0.1) is 20.4 Å². The van der Waals surface area contributed by atoms with Crippen LogP contribution in [0.25, 0.3) is 11.4 Å². The van der Waals surface area contributed by atoms with Crippen LogP contribution in [-0.4, -0.2) is 113 Å². The maximum Gasteiger partial charge on any atom is 0.335 e. The molecule has 0 radical (unpaired) electrons. The number of nitrogens with zero attached hydrogens (tertiary/aromatic N) is 4. The lowest BCUT2D eigenvalue weighted by Crippen LogP contribution is -2.67. The van der Waals surface area contributed by atoms with E-state index in [0.717, 1.165) is 5.56 Å². The molecule has 1 aromatic heterocycles. The first kappa shape index (κ1) is 33.7. The quantitative estimate of drug-likeness (QED) is 0.233. The fourth-order valence-electron chi connectivity index (χ4n) is 5.64. The van der Waals surface area contributed by atoms with Crippen LogP contribution < -0.4 is 5.32 Å². The number of benzene rings is 1. The molecule has 0 bridgehead atoms. The van der Waals surface area contributed by atoms with Crippen molar-refractivity contribution in [3.8, 4) is 11.4 Å². The number of hydrogen-bond donors (Lipinski definition) is 6. The van der Waals surface area contributed by atoms with Gasteiger partial charge in [0.05, 0.1) is 12.2 Å². The van der Waals surface area contributed by atoms with Gasteiger partial charge >= 0.3 is 5.97 Å². The van der Waals surface area contributed by atoms with Crippen LogP contribution in [-0.2, 0) is 30.3 Å². The molecule has 2 aliphatic heterocycles. The van der Waals surface area contributed by atoms with Crippen LogP contribution in [0.2, 0.25) is 0 Å². The van der Waals surface area contributed by atoms with Gasteiger partial charge in [0, 0.05) is 18.0 Å². The number of carbonyl (C=O) groups is 2. The molecular formula is C29H41N5O10. The van der Waals surface area contributed by atoms with Crippen molar-refractivity contribution in [3.05, 3.63) is 36.2 Å². The third-order valence-corrected chi connectivity index (χ3v) is 7.93. The maximum atomic E-state index is 13.5. The van der Waals surface area contributed by atoms with E-state index in [2.05, 4.69) is 25.7 Å². The SMILES string of the molecule is CC(C)(C)[C@@H]1OC(C(=O)O)[C@H](O[C@@H]2OC(C(=O)NCc3ccc(-c4nncnn4)cc3)[C@@H](C(C)(C)C)[C@H](O)C2O)[C@H](O)C1O. The second kappa shape index (κ2) is 13.0. The number of aliphatic carboxylic acids is 1. The van der Waals surface area contributed by atoms with E-state index in [4.69, 9.17) is 14.2 Å². The lowest BCUT2D eigenvalue weighted by Gasteiger charge is -2.50. The molecule has 2 aromatic rings. The highest BCUT2D eigenvalue weighted by Gasteiger charge is 2.56. The highest BCUT2D eigenvalue weighted by molar-refractivity contribution is 5.81. The van der Waals surface area contributed by atoms with Gasteiger partial charge in [0.1, 0.15) is 30.5 Å². The highest BCUT2D eigenvalue weighted by atomic mass is 16.7. The van der Waals surface area contributed by atoms with Gasteiger partial charge in [-0.3, -0.25) is 4.79 Å². The predicted molar refractivity (Wildman–Crippen MR) is 151 cm³/mol. The summed E-state index contributed by atoms with van der Waals surface area (Å²) in [5.41, 5.74) is -0.0678. The average molecular weight is 620 g/mol. The molecule has 0 spiro atoms. The van der Waals surface area contributed by atoms with Gasteiger partial charge in [0.25, 0.3) is 0 Å². The summed E-state index contributed by atoms with van der Waals surface area (Å²) in [6, 6.07) is 7.00. The Balaban J connectivity index is 1.52. The Morgan fingerprint density at radius 3 is 2.00 bits per heavy atom. The molecule has 1 aromatic carbocycles. The Labute approximate surface area is 254 Å². The van der Waals surface area contributed by atoms with Gasteiger partial charge in [-0.1, -0.05) is 65.8 Å². The second-order valence-corrected chi connectivity index (χ2v) is 13.3. The number of aromatic nitrogens is 4. The number of carbonyl (C=O) groups excluding carboxylic acids is 1. The Morgan fingerprint density at radius 1 is 0.841 bits per heavy atom. The number of amides is 1. The highest BCUT2D eigenvalue weighted by Crippen LogP contribution is 2.41. The lowest BCUT2D eigenvalue weighted by atomic mass is 9.71. The monoisotopic (exact) mass is 619 g/mol. The van der Waals surface area contributed by atoms with E-state index >= 15 is 0 Å². The van der Waals surface area contributed by atoms with Crippen LogP contribution >= 0.6 is 0 Å². The van der Waals surface area contributed by atoms with Crippen LogP contribution in [0.5, 0.6) is 0 Å². The number of rotatable bonds is 7. The molecule has 15 heteroatoms. The van der Waals surface area contributed by atoms with Crippen molar-refractivity contribution >= 4 is 11.9 Å². The second-order valence-electron chi connectivity index (χ2n) is 13.3. The van der Waals surface area contributed by atoms with Crippen LogP contribution in [0.15, 0.2) is 30.6 Å². The van der Waals surface area contributed by atoms with E-state index in [1.807, 2.05) is 0 Å². The van der Waals surface area contributed by atoms with Crippen molar-refractivity contribution in [2.24, 2.45) is 16.7 Å². The summed E-state index contributed by atoms with van der Waals surface area (Å²) in [6.07, 6.45) is -12.9. The molecule has 4 rings (SSSR count). The summed E-state index contributed by atoms with van der Waals surface area (Å²) in [4.78, 5) is 25.6. The van der Waals surface area contributed by atoms with Crippen LogP contribution in [0.1, 0.15) is 47.1 Å².